The summed E-state index contributed by atoms with van der Waals surface area (Å²) in [5, 5.41) is 5.47. The first-order valence-corrected chi connectivity index (χ1v) is 6.40. The second-order valence-electron chi connectivity index (χ2n) is 3.71. The zero-order valence-electron chi connectivity index (χ0n) is 9.48. The first-order valence-electron chi connectivity index (χ1n) is 5.32. The zero-order chi connectivity index (χ0) is 13.0. The van der Waals surface area contributed by atoms with E-state index in [9.17, 15) is 4.79 Å². The molecular weight excluding hydrogens is 341 g/mol. The maximum Gasteiger partial charge on any atom is 0.323 e. The van der Waals surface area contributed by atoms with Crippen molar-refractivity contribution in [1.29, 1.82) is 0 Å². The molecule has 4 N–H and O–H groups in total. The predicted molar refractivity (Wildman–Crippen MR) is 82.7 cm³/mol. The summed E-state index contributed by atoms with van der Waals surface area (Å²) in [6, 6.07) is 14.3. The van der Waals surface area contributed by atoms with Gasteiger partial charge in [0.05, 0.1) is 0 Å². The fourth-order valence-electron chi connectivity index (χ4n) is 1.48. The molecule has 4 nitrogen and oxygen atoms in total. The molecule has 2 aromatic rings. The average molecular weight is 353 g/mol. The van der Waals surface area contributed by atoms with Gasteiger partial charge in [-0.25, -0.2) is 4.79 Å². The molecule has 0 atom stereocenters. The van der Waals surface area contributed by atoms with Crippen molar-refractivity contribution in [2.45, 2.75) is 0 Å². The van der Waals surface area contributed by atoms with Gasteiger partial charge < -0.3 is 16.4 Å². The zero-order valence-corrected chi connectivity index (χ0v) is 11.6. The molecule has 0 saturated heterocycles. The minimum absolute atomic E-state index is 0.289. The van der Waals surface area contributed by atoms with E-state index in [1.807, 2.05) is 24.3 Å². The second-order valence-corrected chi connectivity index (χ2v) is 4.96. The van der Waals surface area contributed by atoms with Crippen LogP contribution in [-0.4, -0.2) is 6.03 Å². The number of carbonyl (C=O) groups excluding carboxylic acids is 1. The van der Waals surface area contributed by atoms with Crippen molar-refractivity contribution < 1.29 is 4.79 Å². The molecule has 0 bridgehead atoms. The van der Waals surface area contributed by atoms with Crippen LogP contribution in [0.15, 0.2) is 48.5 Å². The Bertz CT molecular complexity index is 522. The average Bonchev–Trinajstić information content (AvgIpc) is 2.28. The highest BCUT2D eigenvalue weighted by atomic mass is 127. The van der Waals surface area contributed by atoms with Crippen LogP contribution in [0, 0.1) is 3.57 Å². The van der Waals surface area contributed by atoms with Gasteiger partial charge in [-0.1, -0.05) is 12.1 Å². The lowest BCUT2D eigenvalue weighted by molar-refractivity contribution is 0.262. The van der Waals surface area contributed by atoms with Crippen molar-refractivity contribution >= 4 is 45.7 Å². The van der Waals surface area contributed by atoms with E-state index >= 15 is 0 Å². The number of amides is 2. The molecule has 92 valence electrons. The summed E-state index contributed by atoms with van der Waals surface area (Å²) in [5.41, 5.74) is 7.67. The van der Waals surface area contributed by atoms with Gasteiger partial charge in [-0.15, -0.1) is 0 Å². The van der Waals surface area contributed by atoms with E-state index in [0.717, 1.165) is 9.26 Å². The molecule has 0 aliphatic carbocycles. The third-order valence-corrected chi connectivity index (χ3v) is 2.90. The van der Waals surface area contributed by atoms with Gasteiger partial charge in [0.1, 0.15) is 0 Å². The van der Waals surface area contributed by atoms with E-state index in [-0.39, 0.29) is 6.03 Å². The van der Waals surface area contributed by atoms with Crippen LogP contribution in [-0.2, 0) is 0 Å². The molecule has 0 saturated carbocycles. The van der Waals surface area contributed by atoms with Crippen molar-refractivity contribution in [1.82, 2.24) is 0 Å². The molecule has 5 heteroatoms. The topological polar surface area (TPSA) is 67.1 Å². The van der Waals surface area contributed by atoms with Crippen LogP contribution in [0.2, 0.25) is 0 Å². The highest BCUT2D eigenvalue weighted by Crippen LogP contribution is 2.14. The summed E-state index contributed by atoms with van der Waals surface area (Å²) in [5.74, 6) is 0. The Morgan fingerprint density at radius 1 is 1.00 bits per heavy atom. The number of carbonyl (C=O) groups is 1. The summed E-state index contributed by atoms with van der Waals surface area (Å²) in [6.07, 6.45) is 0. The van der Waals surface area contributed by atoms with E-state index in [2.05, 4.69) is 33.2 Å². The SMILES string of the molecule is Nc1cccc(NC(=O)Nc2cccc(I)c2)c1. The van der Waals surface area contributed by atoms with Crippen molar-refractivity contribution in [2.24, 2.45) is 0 Å². The number of urea groups is 1. The molecule has 0 heterocycles. The largest absolute Gasteiger partial charge is 0.399 e. The Balaban J connectivity index is 2.01. The first-order chi connectivity index (χ1) is 8.63. The fourth-order valence-corrected chi connectivity index (χ4v) is 2.02. The number of halogens is 1. The second kappa shape index (κ2) is 5.72. The Kier molecular flexibility index (Phi) is 4.03. The van der Waals surface area contributed by atoms with Crippen LogP contribution in [0.25, 0.3) is 0 Å². The van der Waals surface area contributed by atoms with Crippen LogP contribution < -0.4 is 16.4 Å². The number of nitrogen functional groups attached to an aromatic ring is 1. The smallest absolute Gasteiger partial charge is 0.323 e. The number of hydrogen-bond acceptors (Lipinski definition) is 2. The molecule has 0 radical (unpaired) electrons. The minimum atomic E-state index is -0.289. The van der Waals surface area contributed by atoms with E-state index in [1.54, 1.807) is 24.3 Å². The third-order valence-electron chi connectivity index (χ3n) is 2.23. The quantitative estimate of drug-likeness (QED) is 0.571. The van der Waals surface area contributed by atoms with E-state index in [1.165, 1.54) is 0 Å². The highest BCUT2D eigenvalue weighted by Gasteiger charge is 2.02. The lowest BCUT2D eigenvalue weighted by Gasteiger charge is -2.08. The molecule has 0 aliphatic heterocycles. The number of nitrogens with two attached hydrogens (primary N) is 1. The Morgan fingerprint density at radius 2 is 1.61 bits per heavy atom. The number of rotatable bonds is 2. The molecule has 2 rings (SSSR count). The number of benzene rings is 2. The normalized spacial score (nSPS) is 9.83. The first kappa shape index (κ1) is 12.7. The van der Waals surface area contributed by atoms with Gasteiger partial charge in [0.25, 0.3) is 0 Å². The summed E-state index contributed by atoms with van der Waals surface area (Å²) in [7, 11) is 0. The third kappa shape index (κ3) is 3.63. The summed E-state index contributed by atoms with van der Waals surface area (Å²) in [6.45, 7) is 0. The molecule has 0 spiro atoms. The van der Waals surface area contributed by atoms with Crippen molar-refractivity contribution in [3.8, 4) is 0 Å². The number of hydrogen-bond donors (Lipinski definition) is 3. The van der Waals surface area contributed by atoms with Crippen LogP contribution in [0.1, 0.15) is 0 Å². The van der Waals surface area contributed by atoms with Crippen molar-refractivity contribution in [3.63, 3.8) is 0 Å². The summed E-state index contributed by atoms with van der Waals surface area (Å²) < 4.78 is 1.06. The number of anilines is 3. The van der Waals surface area contributed by atoms with Gasteiger partial charge in [0.15, 0.2) is 0 Å². The fraction of sp³-hybridized carbons (Fsp3) is 0. The minimum Gasteiger partial charge on any atom is -0.399 e. The monoisotopic (exact) mass is 353 g/mol. The Labute approximate surface area is 119 Å². The van der Waals surface area contributed by atoms with Gasteiger partial charge in [0, 0.05) is 20.6 Å². The molecular formula is C13H12IN3O. The lowest BCUT2D eigenvalue weighted by atomic mass is 10.3. The van der Waals surface area contributed by atoms with Gasteiger partial charge in [-0.3, -0.25) is 0 Å². The van der Waals surface area contributed by atoms with Crippen LogP contribution in [0.4, 0.5) is 21.9 Å². The molecule has 2 amide bonds. The highest BCUT2D eigenvalue weighted by molar-refractivity contribution is 14.1. The molecule has 0 aromatic heterocycles. The molecule has 2 aromatic carbocycles. The lowest BCUT2D eigenvalue weighted by Crippen LogP contribution is -2.19. The molecule has 18 heavy (non-hydrogen) atoms. The van der Waals surface area contributed by atoms with E-state index in [4.69, 9.17) is 5.73 Å². The summed E-state index contributed by atoms with van der Waals surface area (Å²) in [4.78, 5) is 11.7. The van der Waals surface area contributed by atoms with Crippen LogP contribution >= 0.6 is 22.6 Å². The maximum atomic E-state index is 11.7. The molecule has 0 aliphatic rings. The summed E-state index contributed by atoms with van der Waals surface area (Å²) >= 11 is 2.19. The van der Waals surface area contributed by atoms with Gasteiger partial charge in [-0.2, -0.15) is 0 Å². The van der Waals surface area contributed by atoms with Crippen LogP contribution in [0.5, 0.6) is 0 Å². The van der Waals surface area contributed by atoms with Gasteiger partial charge in [0.2, 0.25) is 0 Å². The maximum absolute atomic E-state index is 11.7. The number of nitrogens with one attached hydrogen (secondary N) is 2. The van der Waals surface area contributed by atoms with Gasteiger partial charge in [-0.05, 0) is 59.0 Å². The predicted octanol–water partition coefficient (Wildman–Crippen LogP) is 3.52. The molecule has 0 unspecified atom stereocenters. The van der Waals surface area contributed by atoms with E-state index < -0.39 is 0 Å². The Morgan fingerprint density at radius 3 is 2.22 bits per heavy atom. The van der Waals surface area contributed by atoms with Crippen molar-refractivity contribution in [3.05, 3.63) is 52.1 Å². The van der Waals surface area contributed by atoms with E-state index in [0.29, 0.717) is 11.4 Å². The van der Waals surface area contributed by atoms with Gasteiger partial charge >= 0.3 is 6.03 Å². The standard InChI is InChI=1S/C13H12IN3O/c14-9-3-1-5-11(7-9)16-13(18)17-12-6-2-4-10(15)8-12/h1-8H,15H2,(H2,16,17,18). The van der Waals surface area contributed by atoms with Crippen LogP contribution in [0.3, 0.4) is 0 Å². The Hall–Kier alpha value is -1.76. The van der Waals surface area contributed by atoms with Crippen molar-refractivity contribution in [2.75, 3.05) is 16.4 Å². The molecule has 0 fully saturated rings.